The first-order valence-corrected chi connectivity index (χ1v) is 9.07. The molecule has 1 aromatic rings. The number of sulfonamides is 1. The molecule has 20 heavy (non-hydrogen) atoms. The monoisotopic (exact) mass is 318 g/mol. The summed E-state index contributed by atoms with van der Waals surface area (Å²) < 4.78 is 26.4. The van der Waals surface area contributed by atoms with E-state index in [1.807, 2.05) is 12.1 Å². The van der Waals surface area contributed by atoms with Crippen LogP contribution in [-0.2, 0) is 16.4 Å². The molecule has 6 heteroatoms. The van der Waals surface area contributed by atoms with Gasteiger partial charge in [-0.25, -0.2) is 13.1 Å². The summed E-state index contributed by atoms with van der Waals surface area (Å²) in [4.78, 5) is 3.90. The highest BCUT2D eigenvalue weighted by Gasteiger charge is 2.18. The lowest BCUT2D eigenvalue weighted by atomic mass is 9.99. The van der Waals surface area contributed by atoms with E-state index in [0.29, 0.717) is 18.9 Å². The van der Waals surface area contributed by atoms with Crippen molar-refractivity contribution in [2.45, 2.75) is 38.5 Å². The van der Waals surface area contributed by atoms with Gasteiger partial charge in [0.1, 0.15) is 0 Å². The molecule has 114 valence electrons. The van der Waals surface area contributed by atoms with E-state index in [1.54, 1.807) is 12.4 Å². The molecular weight excluding hydrogens is 296 g/mol. The fourth-order valence-electron chi connectivity index (χ4n) is 2.05. The van der Waals surface area contributed by atoms with E-state index in [-0.39, 0.29) is 11.1 Å². The van der Waals surface area contributed by atoms with Crippen molar-refractivity contribution in [3.8, 4) is 0 Å². The highest BCUT2D eigenvalue weighted by molar-refractivity contribution is 7.89. The second-order valence-corrected chi connectivity index (χ2v) is 7.35. The van der Waals surface area contributed by atoms with Gasteiger partial charge in [0.05, 0.1) is 5.75 Å². The SMILES string of the molecule is CCC(CC)C(Cl)CNS(=O)(=O)CCc1ccncc1. The van der Waals surface area contributed by atoms with Gasteiger partial charge in [-0.2, -0.15) is 0 Å². The molecule has 0 spiro atoms. The molecule has 0 aliphatic heterocycles. The highest BCUT2D eigenvalue weighted by Crippen LogP contribution is 2.17. The number of nitrogens with zero attached hydrogens (tertiary/aromatic N) is 1. The van der Waals surface area contributed by atoms with Crippen molar-refractivity contribution >= 4 is 21.6 Å². The van der Waals surface area contributed by atoms with Gasteiger partial charge in [0.2, 0.25) is 10.0 Å². The molecule has 1 heterocycles. The lowest BCUT2D eigenvalue weighted by Crippen LogP contribution is -2.35. The van der Waals surface area contributed by atoms with Gasteiger partial charge < -0.3 is 0 Å². The Bertz CT molecular complexity index is 475. The molecule has 0 bridgehead atoms. The summed E-state index contributed by atoms with van der Waals surface area (Å²) in [5.41, 5.74) is 0.966. The van der Waals surface area contributed by atoms with E-state index in [9.17, 15) is 8.42 Å². The van der Waals surface area contributed by atoms with Crippen molar-refractivity contribution in [2.24, 2.45) is 5.92 Å². The van der Waals surface area contributed by atoms with E-state index in [2.05, 4.69) is 23.6 Å². The number of aryl methyl sites for hydroxylation is 1. The fraction of sp³-hybridized carbons (Fsp3) is 0.643. The van der Waals surface area contributed by atoms with Gasteiger partial charge in [-0.05, 0) is 30.0 Å². The van der Waals surface area contributed by atoms with Gasteiger partial charge in [-0.15, -0.1) is 11.6 Å². The zero-order chi connectivity index (χ0) is 15.0. The molecule has 1 rings (SSSR count). The Morgan fingerprint density at radius 3 is 2.40 bits per heavy atom. The van der Waals surface area contributed by atoms with Crippen LogP contribution in [0.3, 0.4) is 0 Å². The van der Waals surface area contributed by atoms with Crippen LogP contribution in [0.5, 0.6) is 0 Å². The third kappa shape index (κ3) is 6.20. The Hall–Kier alpha value is -0.650. The van der Waals surface area contributed by atoms with Crippen molar-refractivity contribution in [3.05, 3.63) is 30.1 Å². The van der Waals surface area contributed by atoms with Gasteiger partial charge >= 0.3 is 0 Å². The maximum atomic E-state index is 11.9. The molecule has 0 aliphatic rings. The second kappa shape index (κ2) is 8.60. The summed E-state index contributed by atoms with van der Waals surface area (Å²) in [7, 11) is -3.28. The summed E-state index contributed by atoms with van der Waals surface area (Å²) in [6.07, 6.45) is 5.73. The predicted octanol–water partition coefficient (Wildman–Crippen LogP) is 2.59. The topological polar surface area (TPSA) is 59.1 Å². The first kappa shape index (κ1) is 17.4. The molecule has 0 saturated carbocycles. The van der Waals surface area contributed by atoms with Gasteiger partial charge in [-0.1, -0.05) is 26.7 Å². The third-order valence-electron chi connectivity index (χ3n) is 3.47. The second-order valence-electron chi connectivity index (χ2n) is 4.87. The van der Waals surface area contributed by atoms with Crippen molar-refractivity contribution in [3.63, 3.8) is 0 Å². The zero-order valence-electron chi connectivity index (χ0n) is 12.0. The van der Waals surface area contributed by atoms with Crippen LogP contribution in [0.25, 0.3) is 0 Å². The average molecular weight is 319 g/mol. The van der Waals surface area contributed by atoms with E-state index in [4.69, 9.17) is 11.6 Å². The number of hydrogen-bond acceptors (Lipinski definition) is 3. The first-order chi connectivity index (χ1) is 9.48. The molecule has 0 fully saturated rings. The number of alkyl halides is 1. The fourth-order valence-corrected chi connectivity index (χ4v) is 3.65. The molecule has 1 N–H and O–H groups in total. The summed E-state index contributed by atoms with van der Waals surface area (Å²) >= 11 is 6.24. The number of pyridine rings is 1. The van der Waals surface area contributed by atoms with Crippen molar-refractivity contribution in [1.82, 2.24) is 9.71 Å². The minimum Gasteiger partial charge on any atom is -0.265 e. The number of aromatic nitrogens is 1. The van der Waals surface area contributed by atoms with Gasteiger partial charge in [0, 0.05) is 24.3 Å². The van der Waals surface area contributed by atoms with Crippen LogP contribution in [0.1, 0.15) is 32.3 Å². The standard InChI is InChI=1S/C14H23ClN2O2S/c1-3-13(4-2)14(15)11-17-20(18,19)10-7-12-5-8-16-9-6-12/h5-6,8-9,13-14,17H,3-4,7,10-11H2,1-2H3. The maximum absolute atomic E-state index is 11.9. The Balaban J connectivity index is 2.42. The Labute approximate surface area is 127 Å². The minimum atomic E-state index is -3.28. The quantitative estimate of drug-likeness (QED) is 0.712. The van der Waals surface area contributed by atoms with Crippen LogP contribution in [0.2, 0.25) is 0 Å². The molecule has 1 atom stereocenters. The minimum absolute atomic E-state index is 0.0730. The summed E-state index contributed by atoms with van der Waals surface area (Å²) in [6, 6.07) is 3.65. The Morgan fingerprint density at radius 1 is 1.25 bits per heavy atom. The summed E-state index contributed by atoms with van der Waals surface area (Å²) in [6.45, 7) is 4.44. The van der Waals surface area contributed by atoms with E-state index < -0.39 is 10.0 Å². The van der Waals surface area contributed by atoms with Gasteiger partial charge in [-0.3, -0.25) is 4.98 Å². The zero-order valence-corrected chi connectivity index (χ0v) is 13.6. The molecule has 0 amide bonds. The largest absolute Gasteiger partial charge is 0.265 e. The average Bonchev–Trinajstić information content (AvgIpc) is 2.46. The van der Waals surface area contributed by atoms with Gasteiger partial charge in [0.25, 0.3) is 0 Å². The van der Waals surface area contributed by atoms with Crippen LogP contribution in [0.4, 0.5) is 0 Å². The van der Waals surface area contributed by atoms with E-state index in [0.717, 1.165) is 18.4 Å². The molecule has 1 aromatic heterocycles. The van der Waals surface area contributed by atoms with Crippen molar-refractivity contribution in [1.29, 1.82) is 0 Å². The third-order valence-corrected chi connectivity index (χ3v) is 5.33. The summed E-state index contributed by atoms with van der Waals surface area (Å²) in [5.74, 6) is 0.420. The number of nitrogens with one attached hydrogen (secondary N) is 1. The molecule has 0 radical (unpaired) electrons. The molecular formula is C14H23ClN2O2S. The van der Waals surface area contributed by atoms with Crippen LogP contribution < -0.4 is 4.72 Å². The van der Waals surface area contributed by atoms with Gasteiger partial charge in [0.15, 0.2) is 0 Å². The number of halogens is 1. The lowest BCUT2D eigenvalue weighted by Gasteiger charge is -2.19. The highest BCUT2D eigenvalue weighted by atomic mass is 35.5. The predicted molar refractivity (Wildman–Crippen MR) is 83.4 cm³/mol. The smallest absolute Gasteiger partial charge is 0.211 e. The molecule has 0 saturated heterocycles. The van der Waals surface area contributed by atoms with Crippen LogP contribution >= 0.6 is 11.6 Å². The number of hydrogen-bond donors (Lipinski definition) is 1. The molecule has 0 aliphatic carbocycles. The van der Waals surface area contributed by atoms with E-state index in [1.165, 1.54) is 0 Å². The van der Waals surface area contributed by atoms with E-state index >= 15 is 0 Å². The molecule has 1 unspecified atom stereocenters. The van der Waals surface area contributed by atoms with Crippen LogP contribution in [0.15, 0.2) is 24.5 Å². The first-order valence-electron chi connectivity index (χ1n) is 6.98. The Morgan fingerprint density at radius 2 is 1.85 bits per heavy atom. The van der Waals surface area contributed by atoms with Crippen molar-refractivity contribution < 1.29 is 8.42 Å². The van der Waals surface area contributed by atoms with Crippen LogP contribution in [-0.4, -0.2) is 31.1 Å². The summed E-state index contributed by atoms with van der Waals surface area (Å²) in [5, 5.41) is -0.152. The number of rotatable bonds is 9. The van der Waals surface area contributed by atoms with Crippen molar-refractivity contribution in [2.75, 3.05) is 12.3 Å². The molecule has 0 aromatic carbocycles. The normalized spacial score (nSPS) is 13.6. The Kier molecular flexibility index (Phi) is 7.48. The molecule has 4 nitrogen and oxygen atoms in total. The van der Waals surface area contributed by atoms with Crippen LogP contribution in [0, 0.1) is 5.92 Å². The lowest BCUT2D eigenvalue weighted by molar-refractivity contribution is 0.460. The maximum Gasteiger partial charge on any atom is 0.211 e.